The van der Waals surface area contributed by atoms with Crippen LogP contribution in [0.2, 0.25) is 0 Å². The number of aromatic nitrogens is 2. The van der Waals surface area contributed by atoms with Gasteiger partial charge in [-0.05, 0) is 37.6 Å². The van der Waals surface area contributed by atoms with Crippen molar-refractivity contribution in [2.75, 3.05) is 0 Å². The maximum Gasteiger partial charge on any atom is 0.303 e. The first-order valence-corrected chi connectivity index (χ1v) is 5.62. The zero-order valence-electron chi connectivity index (χ0n) is 9.73. The quantitative estimate of drug-likeness (QED) is 0.741. The van der Waals surface area contributed by atoms with Gasteiger partial charge in [-0.1, -0.05) is 0 Å². The van der Waals surface area contributed by atoms with Gasteiger partial charge in [0.25, 0.3) is 0 Å². The fourth-order valence-corrected chi connectivity index (χ4v) is 2.12. The minimum atomic E-state index is -0.769. The molecule has 2 heterocycles. The van der Waals surface area contributed by atoms with E-state index in [-0.39, 0.29) is 11.8 Å². The van der Waals surface area contributed by atoms with Crippen molar-refractivity contribution >= 4 is 5.97 Å². The number of nitrogens with one attached hydrogen (secondary N) is 2. The lowest BCUT2D eigenvalue weighted by atomic mass is 9.79. The van der Waals surface area contributed by atoms with Crippen LogP contribution in [-0.4, -0.2) is 21.0 Å². The van der Waals surface area contributed by atoms with Crippen molar-refractivity contribution in [3.8, 4) is 0 Å². The second-order valence-corrected chi connectivity index (χ2v) is 4.39. The van der Waals surface area contributed by atoms with E-state index in [1.807, 2.05) is 43.6 Å². The standard InChI is InChI=1S/C13H16N2O2/c1-13(7-6-12(16)17,10-4-2-8-14-10)11-5-3-9-15-11/h2-5,8-9,14-15H,6-7H2,1H3,(H,16,17). The summed E-state index contributed by atoms with van der Waals surface area (Å²) in [4.78, 5) is 17.1. The monoisotopic (exact) mass is 232 g/mol. The van der Waals surface area contributed by atoms with Gasteiger partial charge in [0.05, 0.1) is 0 Å². The molecule has 2 aromatic heterocycles. The summed E-state index contributed by atoms with van der Waals surface area (Å²) in [6, 6.07) is 7.83. The smallest absolute Gasteiger partial charge is 0.303 e. The highest BCUT2D eigenvalue weighted by Crippen LogP contribution is 2.34. The van der Waals surface area contributed by atoms with Crippen LogP contribution in [-0.2, 0) is 10.2 Å². The number of carboxylic acid groups (broad SMARTS) is 1. The van der Waals surface area contributed by atoms with Crippen LogP contribution < -0.4 is 0 Å². The molecule has 0 radical (unpaired) electrons. The Morgan fingerprint density at radius 3 is 2.12 bits per heavy atom. The first-order chi connectivity index (χ1) is 8.13. The second kappa shape index (κ2) is 4.49. The number of hydrogen-bond donors (Lipinski definition) is 3. The summed E-state index contributed by atoms with van der Waals surface area (Å²) in [6.45, 7) is 2.05. The van der Waals surface area contributed by atoms with Crippen LogP contribution in [0.5, 0.6) is 0 Å². The van der Waals surface area contributed by atoms with Crippen molar-refractivity contribution in [2.45, 2.75) is 25.2 Å². The highest BCUT2D eigenvalue weighted by Gasteiger charge is 2.31. The van der Waals surface area contributed by atoms with Crippen molar-refractivity contribution in [2.24, 2.45) is 0 Å². The molecular weight excluding hydrogens is 216 g/mol. The molecule has 17 heavy (non-hydrogen) atoms. The Kier molecular flexibility index (Phi) is 3.04. The molecule has 0 amide bonds. The number of aliphatic carboxylic acids is 1. The molecule has 0 aliphatic carbocycles. The van der Waals surface area contributed by atoms with Crippen molar-refractivity contribution < 1.29 is 9.90 Å². The molecule has 0 aliphatic heterocycles. The molecule has 4 nitrogen and oxygen atoms in total. The van der Waals surface area contributed by atoms with E-state index >= 15 is 0 Å². The van der Waals surface area contributed by atoms with Crippen LogP contribution in [0.15, 0.2) is 36.7 Å². The molecule has 0 unspecified atom stereocenters. The molecule has 3 N–H and O–H groups in total. The summed E-state index contributed by atoms with van der Waals surface area (Å²) in [7, 11) is 0. The fourth-order valence-electron chi connectivity index (χ4n) is 2.12. The third-order valence-electron chi connectivity index (χ3n) is 3.22. The van der Waals surface area contributed by atoms with Gasteiger partial charge in [0, 0.05) is 35.6 Å². The second-order valence-electron chi connectivity index (χ2n) is 4.39. The van der Waals surface area contributed by atoms with E-state index in [1.165, 1.54) is 0 Å². The summed E-state index contributed by atoms with van der Waals surface area (Å²) < 4.78 is 0. The molecule has 0 atom stereocenters. The lowest BCUT2D eigenvalue weighted by molar-refractivity contribution is -0.137. The van der Waals surface area contributed by atoms with Gasteiger partial charge >= 0.3 is 5.97 Å². The third-order valence-corrected chi connectivity index (χ3v) is 3.22. The average Bonchev–Trinajstić information content (AvgIpc) is 2.97. The Morgan fingerprint density at radius 1 is 1.24 bits per heavy atom. The largest absolute Gasteiger partial charge is 0.481 e. The topological polar surface area (TPSA) is 68.9 Å². The van der Waals surface area contributed by atoms with Crippen LogP contribution in [0, 0.1) is 0 Å². The molecule has 0 bridgehead atoms. The molecule has 0 aromatic carbocycles. The molecule has 2 rings (SSSR count). The number of carboxylic acids is 1. The lowest BCUT2D eigenvalue weighted by Gasteiger charge is -2.27. The minimum absolute atomic E-state index is 0.147. The minimum Gasteiger partial charge on any atom is -0.481 e. The van der Waals surface area contributed by atoms with Gasteiger partial charge in [-0.25, -0.2) is 0 Å². The van der Waals surface area contributed by atoms with E-state index in [2.05, 4.69) is 9.97 Å². The Bertz CT molecular complexity index is 437. The molecule has 0 saturated heterocycles. The SMILES string of the molecule is CC(CCC(=O)O)(c1ccc[nH]1)c1ccc[nH]1. The fraction of sp³-hybridized carbons (Fsp3) is 0.308. The Hall–Kier alpha value is -1.97. The van der Waals surface area contributed by atoms with Crippen LogP contribution >= 0.6 is 0 Å². The van der Waals surface area contributed by atoms with Crippen LogP contribution in [0.4, 0.5) is 0 Å². The molecule has 0 fully saturated rings. The highest BCUT2D eigenvalue weighted by molar-refractivity contribution is 5.67. The van der Waals surface area contributed by atoms with Crippen molar-refractivity contribution in [1.82, 2.24) is 9.97 Å². The van der Waals surface area contributed by atoms with Gasteiger partial charge in [0.15, 0.2) is 0 Å². The summed E-state index contributed by atoms with van der Waals surface area (Å²) in [5.74, 6) is -0.769. The van der Waals surface area contributed by atoms with E-state index < -0.39 is 5.97 Å². The molecule has 4 heteroatoms. The number of carbonyl (C=O) groups is 1. The zero-order valence-corrected chi connectivity index (χ0v) is 9.73. The van der Waals surface area contributed by atoms with Gasteiger partial charge in [-0.15, -0.1) is 0 Å². The number of rotatable bonds is 5. The normalized spacial score (nSPS) is 11.6. The van der Waals surface area contributed by atoms with Gasteiger partial charge in [0.1, 0.15) is 0 Å². The molecular formula is C13H16N2O2. The van der Waals surface area contributed by atoms with Gasteiger partial charge in [-0.3, -0.25) is 4.79 Å². The van der Waals surface area contributed by atoms with Crippen LogP contribution in [0.25, 0.3) is 0 Å². The Labute approximate surface area is 99.7 Å². The summed E-state index contributed by atoms with van der Waals surface area (Å²) in [5, 5.41) is 8.85. The third kappa shape index (κ3) is 2.25. The molecule has 90 valence electrons. The van der Waals surface area contributed by atoms with Crippen molar-refractivity contribution in [1.29, 1.82) is 0 Å². The molecule has 2 aromatic rings. The molecule has 0 aliphatic rings. The predicted molar refractivity (Wildman–Crippen MR) is 64.9 cm³/mol. The average molecular weight is 232 g/mol. The van der Waals surface area contributed by atoms with Gasteiger partial charge in [0.2, 0.25) is 0 Å². The van der Waals surface area contributed by atoms with Crippen LogP contribution in [0.1, 0.15) is 31.2 Å². The van der Waals surface area contributed by atoms with E-state index in [1.54, 1.807) is 0 Å². The summed E-state index contributed by atoms with van der Waals surface area (Å²) >= 11 is 0. The first-order valence-electron chi connectivity index (χ1n) is 5.62. The molecule has 0 spiro atoms. The van der Waals surface area contributed by atoms with Gasteiger partial charge in [-0.2, -0.15) is 0 Å². The molecule has 0 saturated carbocycles. The lowest BCUT2D eigenvalue weighted by Crippen LogP contribution is -2.25. The number of aromatic amines is 2. The maximum atomic E-state index is 10.8. The Balaban J connectivity index is 2.33. The van der Waals surface area contributed by atoms with Crippen molar-refractivity contribution in [3.05, 3.63) is 48.0 Å². The van der Waals surface area contributed by atoms with E-state index in [0.29, 0.717) is 6.42 Å². The van der Waals surface area contributed by atoms with Gasteiger partial charge < -0.3 is 15.1 Å². The number of hydrogen-bond acceptors (Lipinski definition) is 1. The predicted octanol–water partition coefficient (Wildman–Crippen LogP) is 2.51. The van der Waals surface area contributed by atoms with Crippen molar-refractivity contribution in [3.63, 3.8) is 0 Å². The maximum absolute atomic E-state index is 10.8. The number of H-pyrrole nitrogens is 2. The van der Waals surface area contributed by atoms with E-state index in [4.69, 9.17) is 5.11 Å². The van der Waals surface area contributed by atoms with E-state index in [0.717, 1.165) is 11.4 Å². The van der Waals surface area contributed by atoms with Crippen LogP contribution in [0.3, 0.4) is 0 Å². The summed E-state index contributed by atoms with van der Waals surface area (Å²) in [6.07, 6.45) is 4.42. The zero-order chi connectivity index (χ0) is 12.3. The first kappa shape index (κ1) is 11.5. The highest BCUT2D eigenvalue weighted by atomic mass is 16.4. The Morgan fingerprint density at radius 2 is 1.76 bits per heavy atom. The summed E-state index contributed by atoms with van der Waals surface area (Å²) in [5.41, 5.74) is 1.74. The van der Waals surface area contributed by atoms with E-state index in [9.17, 15) is 4.79 Å².